The molecule has 2 saturated heterocycles. The zero-order valence-corrected chi connectivity index (χ0v) is 23.3. The maximum Gasteiger partial charge on any atom is 0.332 e. The molecule has 3 aliphatic rings. The minimum atomic E-state index is -0.909. The van der Waals surface area contributed by atoms with Crippen LogP contribution in [0.2, 0.25) is 0 Å². The molecule has 1 aromatic carbocycles. The minimum Gasteiger partial charge on any atom is -0.458 e. The Morgan fingerprint density at radius 1 is 1.18 bits per heavy atom. The number of rotatable bonds is 9. The smallest absolute Gasteiger partial charge is 0.332 e. The molecule has 4 atom stereocenters. The second-order valence-electron chi connectivity index (χ2n) is 11.0. The number of aliphatic hydroxyl groups is 1. The third-order valence-corrected chi connectivity index (χ3v) is 8.61. The fourth-order valence-electron chi connectivity index (χ4n) is 6.60. The normalized spacial score (nSPS) is 26.7. The largest absolute Gasteiger partial charge is 0.458 e. The number of aliphatic hydroxyl groups excluding tert-OH is 1. The predicted molar refractivity (Wildman–Crippen MR) is 146 cm³/mol. The molecule has 2 fully saturated rings. The number of ether oxygens (including phenoxy) is 3. The Labute approximate surface area is 231 Å². The van der Waals surface area contributed by atoms with Gasteiger partial charge >= 0.3 is 11.9 Å². The number of carbonyl (C=O) groups is 3. The number of nitrogens with zero attached hydrogens (tertiary/aromatic N) is 1. The SMILES string of the molecule is CCC1CCC(C)=C1C(OC(=O)/C=C/c1ccccc1)C1(C2CCN(C(C)=O)CC2)CC(OC(=O)CO)CO1. The van der Waals surface area contributed by atoms with E-state index in [4.69, 9.17) is 14.2 Å². The molecule has 8 nitrogen and oxygen atoms in total. The van der Waals surface area contributed by atoms with Crippen molar-refractivity contribution in [1.29, 1.82) is 0 Å². The molecular weight excluding hydrogens is 498 g/mol. The minimum absolute atomic E-state index is 0.0137. The maximum absolute atomic E-state index is 13.4. The number of hydrogen-bond acceptors (Lipinski definition) is 7. The molecule has 4 unspecified atom stereocenters. The quantitative estimate of drug-likeness (QED) is 0.287. The van der Waals surface area contributed by atoms with Gasteiger partial charge in [-0.1, -0.05) is 42.8 Å². The highest BCUT2D eigenvalue weighted by molar-refractivity contribution is 5.87. The Bertz CT molecular complexity index is 1090. The summed E-state index contributed by atoms with van der Waals surface area (Å²) in [4.78, 5) is 39.2. The Kier molecular flexibility index (Phi) is 9.62. The van der Waals surface area contributed by atoms with Gasteiger partial charge in [0.15, 0.2) is 6.10 Å². The van der Waals surface area contributed by atoms with Crippen molar-refractivity contribution in [3.8, 4) is 0 Å². The van der Waals surface area contributed by atoms with Crippen LogP contribution in [0.3, 0.4) is 0 Å². The molecule has 1 amide bonds. The van der Waals surface area contributed by atoms with Crippen LogP contribution in [0.4, 0.5) is 0 Å². The van der Waals surface area contributed by atoms with Crippen LogP contribution in [-0.4, -0.2) is 72.0 Å². The topological polar surface area (TPSA) is 102 Å². The molecule has 0 saturated carbocycles. The lowest BCUT2D eigenvalue weighted by Crippen LogP contribution is -2.55. The second kappa shape index (κ2) is 12.9. The van der Waals surface area contributed by atoms with Crippen LogP contribution in [0.25, 0.3) is 6.08 Å². The van der Waals surface area contributed by atoms with E-state index in [0.29, 0.717) is 32.4 Å². The zero-order valence-electron chi connectivity index (χ0n) is 23.3. The number of amides is 1. The number of allylic oxidation sites excluding steroid dienone is 1. The van der Waals surface area contributed by atoms with E-state index in [0.717, 1.165) is 30.4 Å². The number of carbonyl (C=O) groups excluding carboxylic acids is 3. The van der Waals surface area contributed by atoms with Crippen LogP contribution in [0.15, 0.2) is 47.6 Å². The first-order chi connectivity index (χ1) is 18.8. The van der Waals surface area contributed by atoms with Crippen molar-refractivity contribution in [3.05, 3.63) is 53.1 Å². The number of benzene rings is 1. The van der Waals surface area contributed by atoms with Crippen molar-refractivity contribution in [1.82, 2.24) is 4.90 Å². The number of piperidine rings is 1. The summed E-state index contributed by atoms with van der Waals surface area (Å²) >= 11 is 0. The first-order valence-electron chi connectivity index (χ1n) is 14.1. The molecule has 212 valence electrons. The van der Waals surface area contributed by atoms with Crippen LogP contribution in [0.1, 0.15) is 64.9 Å². The van der Waals surface area contributed by atoms with Gasteiger partial charge in [-0.15, -0.1) is 0 Å². The summed E-state index contributed by atoms with van der Waals surface area (Å²) in [6.45, 7) is 6.48. The maximum atomic E-state index is 13.4. The van der Waals surface area contributed by atoms with E-state index < -0.39 is 36.4 Å². The summed E-state index contributed by atoms with van der Waals surface area (Å²) < 4.78 is 18.5. The second-order valence-corrected chi connectivity index (χ2v) is 11.0. The van der Waals surface area contributed by atoms with Gasteiger partial charge < -0.3 is 24.2 Å². The highest BCUT2D eigenvalue weighted by Crippen LogP contribution is 2.50. The Morgan fingerprint density at radius 3 is 2.54 bits per heavy atom. The average Bonchev–Trinajstić information content (AvgIpc) is 3.54. The molecule has 0 spiro atoms. The van der Waals surface area contributed by atoms with Crippen molar-refractivity contribution in [3.63, 3.8) is 0 Å². The van der Waals surface area contributed by atoms with Crippen LogP contribution in [0.5, 0.6) is 0 Å². The van der Waals surface area contributed by atoms with Gasteiger partial charge in [0, 0.05) is 32.5 Å². The van der Waals surface area contributed by atoms with Gasteiger partial charge in [0.1, 0.15) is 18.3 Å². The summed E-state index contributed by atoms with van der Waals surface area (Å²) in [5.74, 6) is -0.865. The van der Waals surface area contributed by atoms with Crippen molar-refractivity contribution in [2.45, 2.75) is 77.1 Å². The first kappa shape index (κ1) is 29.0. The van der Waals surface area contributed by atoms with E-state index in [9.17, 15) is 19.5 Å². The highest BCUT2D eigenvalue weighted by Gasteiger charge is 2.57. The van der Waals surface area contributed by atoms with E-state index in [-0.39, 0.29) is 24.3 Å². The van der Waals surface area contributed by atoms with Crippen molar-refractivity contribution in [2.24, 2.45) is 11.8 Å². The van der Waals surface area contributed by atoms with E-state index >= 15 is 0 Å². The van der Waals surface area contributed by atoms with E-state index in [1.807, 2.05) is 35.2 Å². The molecule has 0 bridgehead atoms. The summed E-state index contributed by atoms with van der Waals surface area (Å²) in [5.41, 5.74) is 2.32. The summed E-state index contributed by atoms with van der Waals surface area (Å²) in [6.07, 6.45) is 6.58. The molecule has 0 radical (unpaired) electrons. The monoisotopic (exact) mass is 539 g/mol. The molecule has 1 N–H and O–H groups in total. The van der Waals surface area contributed by atoms with E-state index in [2.05, 4.69) is 13.8 Å². The number of hydrogen-bond donors (Lipinski definition) is 1. The summed E-state index contributed by atoms with van der Waals surface area (Å²) in [7, 11) is 0. The van der Waals surface area contributed by atoms with Crippen LogP contribution in [-0.2, 0) is 28.6 Å². The summed E-state index contributed by atoms with van der Waals surface area (Å²) in [6, 6.07) is 9.58. The molecule has 2 aliphatic heterocycles. The Morgan fingerprint density at radius 2 is 1.90 bits per heavy atom. The number of likely N-dealkylation sites (tertiary alicyclic amines) is 1. The van der Waals surface area contributed by atoms with Crippen LogP contribution < -0.4 is 0 Å². The fraction of sp³-hybridized carbons (Fsp3) is 0.581. The lowest BCUT2D eigenvalue weighted by atomic mass is 9.71. The van der Waals surface area contributed by atoms with Gasteiger partial charge in [0.05, 0.1) is 6.61 Å². The van der Waals surface area contributed by atoms with Crippen molar-refractivity contribution >= 4 is 23.9 Å². The zero-order chi connectivity index (χ0) is 28.0. The van der Waals surface area contributed by atoms with Gasteiger partial charge in [-0.2, -0.15) is 0 Å². The van der Waals surface area contributed by atoms with Gasteiger partial charge in [0.25, 0.3) is 0 Å². The van der Waals surface area contributed by atoms with Gasteiger partial charge in [-0.05, 0) is 68.1 Å². The molecule has 8 heteroatoms. The van der Waals surface area contributed by atoms with E-state index in [1.165, 1.54) is 11.6 Å². The predicted octanol–water partition coefficient (Wildman–Crippen LogP) is 4.07. The molecule has 1 aliphatic carbocycles. The average molecular weight is 540 g/mol. The third-order valence-electron chi connectivity index (χ3n) is 8.61. The molecule has 2 heterocycles. The van der Waals surface area contributed by atoms with Crippen molar-refractivity contribution < 1.29 is 33.7 Å². The Balaban J connectivity index is 1.70. The van der Waals surface area contributed by atoms with Gasteiger partial charge in [-0.3, -0.25) is 4.79 Å². The third kappa shape index (κ3) is 6.61. The highest BCUT2D eigenvalue weighted by atomic mass is 16.6. The molecule has 0 aromatic heterocycles. The molecule has 1 aromatic rings. The number of esters is 2. The van der Waals surface area contributed by atoms with Gasteiger partial charge in [0.2, 0.25) is 5.91 Å². The van der Waals surface area contributed by atoms with Crippen LogP contribution in [0, 0.1) is 11.8 Å². The fourth-order valence-corrected chi connectivity index (χ4v) is 6.60. The lowest BCUT2D eigenvalue weighted by Gasteiger charge is -2.46. The Hall–Kier alpha value is -2.97. The molecular formula is C31H41NO7. The summed E-state index contributed by atoms with van der Waals surface area (Å²) in [5, 5.41) is 9.27. The lowest BCUT2D eigenvalue weighted by molar-refractivity contribution is -0.170. The first-order valence-corrected chi connectivity index (χ1v) is 14.1. The van der Waals surface area contributed by atoms with Crippen molar-refractivity contribution in [2.75, 3.05) is 26.3 Å². The standard InChI is InChI=1S/C31H41NO7/c1-4-24-12-10-21(2)29(24)30(39-27(35)13-11-23-8-6-5-7-9-23)31(18-26(20-37-31)38-28(36)19-33)25-14-16-32(17-15-25)22(3)34/h5-9,11,13,24-26,30,33H,4,10,12,14-20H2,1-3H3/b13-11+. The van der Waals surface area contributed by atoms with Gasteiger partial charge in [-0.25, -0.2) is 9.59 Å². The van der Waals surface area contributed by atoms with Crippen LogP contribution >= 0.6 is 0 Å². The van der Waals surface area contributed by atoms with E-state index in [1.54, 1.807) is 13.0 Å². The molecule has 4 rings (SSSR count). The molecule has 39 heavy (non-hydrogen) atoms.